The lowest BCUT2D eigenvalue weighted by Gasteiger charge is -2.22. The molecular weight excluding hydrogens is 1020 g/mol. The van der Waals surface area contributed by atoms with Crippen molar-refractivity contribution in [3.63, 3.8) is 0 Å². The van der Waals surface area contributed by atoms with E-state index in [0.717, 1.165) is 38.5 Å². The number of hydrogen-bond acceptors (Lipinski definition) is 5. The van der Waals surface area contributed by atoms with Crippen LogP contribution in [0.2, 0.25) is 0 Å². The average Bonchev–Trinajstić information content (AvgIpc) is 3.49. The van der Waals surface area contributed by atoms with Crippen LogP contribution in [0.5, 0.6) is 0 Å². The second-order valence-electron chi connectivity index (χ2n) is 26.7. The third kappa shape index (κ3) is 69.6. The first-order valence-corrected chi connectivity index (χ1v) is 38.4. The summed E-state index contributed by atoms with van der Waals surface area (Å²) in [6.45, 7) is 5.01. The highest BCUT2D eigenvalue weighted by Gasteiger charge is 2.20. The third-order valence-electron chi connectivity index (χ3n) is 18.3. The Morgan fingerprint density at radius 2 is 0.566 bits per heavy atom. The van der Waals surface area contributed by atoms with Gasteiger partial charge in [0.2, 0.25) is 5.91 Å². The molecule has 6 heteroatoms. The molecule has 0 saturated heterocycles. The zero-order valence-corrected chi connectivity index (χ0v) is 56.7. The Morgan fingerprint density at radius 1 is 0.325 bits per heavy atom. The number of aliphatic hydroxyl groups excluding tert-OH is 2. The molecule has 0 aliphatic carbocycles. The van der Waals surface area contributed by atoms with Gasteiger partial charge in [0, 0.05) is 12.8 Å². The molecule has 0 fully saturated rings. The Hall–Kier alpha value is -1.40. The maximum atomic E-state index is 12.6. The van der Waals surface area contributed by atoms with Crippen LogP contribution in [0.25, 0.3) is 0 Å². The summed E-state index contributed by atoms with van der Waals surface area (Å²) < 4.78 is 5.51. The molecule has 6 nitrogen and oxygen atoms in total. The minimum Gasteiger partial charge on any atom is -0.466 e. The molecule has 0 radical (unpaired) electrons. The summed E-state index contributed by atoms with van der Waals surface area (Å²) >= 11 is 0. The van der Waals surface area contributed by atoms with Crippen LogP contribution in [0, 0.1) is 0 Å². The van der Waals surface area contributed by atoms with E-state index in [1.165, 1.54) is 372 Å². The van der Waals surface area contributed by atoms with E-state index in [1.807, 2.05) is 0 Å². The van der Waals surface area contributed by atoms with Crippen LogP contribution in [0.15, 0.2) is 12.2 Å². The van der Waals surface area contributed by atoms with E-state index in [2.05, 4.69) is 31.3 Å². The van der Waals surface area contributed by atoms with Gasteiger partial charge in [0.1, 0.15) is 0 Å². The summed E-state index contributed by atoms with van der Waals surface area (Å²) in [6.07, 6.45) is 91.4. The number of hydrogen-bond donors (Lipinski definition) is 3. The predicted molar refractivity (Wildman–Crippen MR) is 366 cm³/mol. The van der Waals surface area contributed by atoms with Gasteiger partial charge in [-0.15, -0.1) is 0 Å². The number of unbranched alkanes of at least 4 members (excludes halogenated alkanes) is 60. The Bertz CT molecular complexity index is 1260. The predicted octanol–water partition coefficient (Wildman–Crippen LogP) is 25.1. The van der Waals surface area contributed by atoms with E-state index in [4.69, 9.17) is 4.74 Å². The standard InChI is InChI=1S/C77H151NO5/c1-3-5-7-9-11-13-15-17-19-21-23-34-37-41-45-49-53-57-61-65-69-75(80)74(73-79)78-76(81)70-66-62-58-54-50-46-42-38-35-32-30-28-26-24-25-27-29-31-33-36-40-44-48-52-56-60-64-68-72-83-77(82)71-67-63-59-55-51-47-43-39-22-20-18-16-14-12-10-8-6-4-2/h24-25,74-75,79-80H,3-23,26-73H2,1-2H3,(H,78,81)/b25-24-. The average molecular weight is 1170 g/mol. The Kier molecular flexibility index (Phi) is 71.8. The summed E-state index contributed by atoms with van der Waals surface area (Å²) in [4.78, 5) is 24.7. The molecule has 0 rings (SSSR count). The number of carbonyl (C=O) groups is 2. The number of ether oxygens (including phenoxy) is 1. The lowest BCUT2D eigenvalue weighted by molar-refractivity contribution is -0.143. The first-order chi connectivity index (χ1) is 41.0. The van der Waals surface area contributed by atoms with Crippen LogP contribution in [0.4, 0.5) is 0 Å². The zero-order valence-electron chi connectivity index (χ0n) is 56.7. The van der Waals surface area contributed by atoms with Gasteiger partial charge in [-0.05, 0) is 51.4 Å². The number of aliphatic hydroxyl groups is 2. The van der Waals surface area contributed by atoms with Crippen LogP contribution in [0.1, 0.15) is 444 Å². The summed E-state index contributed by atoms with van der Waals surface area (Å²) in [7, 11) is 0. The number of amides is 1. The number of nitrogens with one attached hydrogen (secondary N) is 1. The van der Waals surface area contributed by atoms with Gasteiger partial charge in [0.05, 0.1) is 25.4 Å². The van der Waals surface area contributed by atoms with E-state index in [9.17, 15) is 19.8 Å². The fraction of sp³-hybridized carbons (Fsp3) is 0.948. The quantitative estimate of drug-likeness (QED) is 0.0320. The fourth-order valence-electron chi connectivity index (χ4n) is 12.5. The van der Waals surface area contributed by atoms with E-state index in [-0.39, 0.29) is 18.5 Å². The second-order valence-corrected chi connectivity index (χ2v) is 26.7. The maximum Gasteiger partial charge on any atom is 0.305 e. The molecular formula is C77H151NO5. The molecule has 0 aromatic heterocycles. The highest BCUT2D eigenvalue weighted by molar-refractivity contribution is 5.76. The summed E-state index contributed by atoms with van der Waals surface area (Å²) in [5.74, 6) is -0.00814. The van der Waals surface area contributed by atoms with Gasteiger partial charge in [-0.1, -0.05) is 392 Å². The molecule has 0 aliphatic heterocycles. The Balaban J connectivity index is 3.35. The van der Waals surface area contributed by atoms with Crippen molar-refractivity contribution in [1.29, 1.82) is 0 Å². The lowest BCUT2D eigenvalue weighted by atomic mass is 10.0. The molecule has 494 valence electrons. The molecule has 0 aliphatic rings. The summed E-state index contributed by atoms with van der Waals surface area (Å²) in [6, 6.07) is -0.542. The Morgan fingerprint density at radius 3 is 0.855 bits per heavy atom. The minimum atomic E-state index is -0.665. The smallest absolute Gasteiger partial charge is 0.305 e. The van der Waals surface area contributed by atoms with Crippen LogP contribution < -0.4 is 5.32 Å². The van der Waals surface area contributed by atoms with Crippen LogP contribution in [-0.2, 0) is 14.3 Å². The van der Waals surface area contributed by atoms with Gasteiger partial charge in [0.25, 0.3) is 0 Å². The van der Waals surface area contributed by atoms with Gasteiger partial charge >= 0.3 is 5.97 Å². The van der Waals surface area contributed by atoms with E-state index < -0.39 is 12.1 Å². The number of allylic oxidation sites excluding steroid dienone is 2. The van der Waals surface area contributed by atoms with E-state index >= 15 is 0 Å². The molecule has 0 heterocycles. The lowest BCUT2D eigenvalue weighted by Crippen LogP contribution is -2.45. The van der Waals surface area contributed by atoms with Crippen molar-refractivity contribution in [3.8, 4) is 0 Å². The molecule has 0 bridgehead atoms. The Labute approximate surface area is 520 Å². The summed E-state index contributed by atoms with van der Waals surface area (Å²) in [5, 5.41) is 23.4. The van der Waals surface area contributed by atoms with Crippen LogP contribution in [0.3, 0.4) is 0 Å². The SMILES string of the molecule is CCCCCCCCCCCCCCCCCCCCCCC(O)C(CO)NC(=O)CCCCCCCCCCCCCC/C=C\CCCCCCCCCCCCCCOC(=O)CCCCCCCCCCCCCCCCCCCC. The van der Waals surface area contributed by atoms with Crippen molar-refractivity contribution >= 4 is 11.9 Å². The molecule has 1 amide bonds. The molecule has 0 saturated carbocycles. The molecule has 0 aromatic carbocycles. The molecule has 2 unspecified atom stereocenters. The minimum absolute atomic E-state index is 0.0216. The van der Waals surface area contributed by atoms with E-state index in [1.54, 1.807) is 0 Å². The summed E-state index contributed by atoms with van der Waals surface area (Å²) in [5.41, 5.74) is 0. The van der Waals surface area contributed by atoms with Gasteiger partial charge in [-0.25, -0.2) is 0 Å². The molecule has 0 aromatic rings. The first-order valence-electron chi connectivity index (χ1n) is 38.4. The monoisotopic (exact) mass is 1170 g/mol. The van der Waals surface area contributed by atoms with Gasteiger partial charge in [-0.2, -0.15) is 0 Å². The van der Waals surface area contributed by atoms with Gasteiger partial charge < -0.3 is 20.3 Å². The normalized spacial score (nSPS) is 12.5. The fourth-order valence-corrected chi connectivity index (χ4v) is 12.5. The topological polar surface area (TPSA) is 95.9 Å². The van der Waals surface area contributed by atoms with Crippen LogP contribution in [-0.4, -0.2) is 47.4 Å². The van der Waals surface area contributed by atoms with Gasteiger partial charge in [0.15, 0.2) is 0 Å². The maximum absolute atomic E-state index is 12.6. The first kappa shape index (κ1) is 81.6. The molecule has 0 spiro atoms. The highest BCUT2D eigenvalue weighted by atomic mass is 16.5. The van der Waals surface area contributed by atoms with Crippen molar-refractivity contribution < 1.29 is 24.5 Å². The molecule has 3 N–H and O–H groups in total. The molecule has 83 heavy (non-hydrogen) atoms. The molecule has 2 atom stereocenters. The van der Waals surface area contributed by atoms with Crippen molar-refractivity contribution in [1.82, 2.24) is 5.32 Å². The number of carbonyl (C=O) groups excluding carboxylic acids is 2. The van der Waals surface area contributed by atoms with Crippen molar-refractivity contribution in [2.45, 2.75) is 456 Å². The van der Waals surface area contributed by atoms with E-state index in [0.29, 0.717) is 25.9 Å². The van der Waals surface area contributed by atoms with Crippen LogP contribution >= 0.6 is 0 Å². The largest absolute Gasteiger partial charge is 0.466 e. The number of rotatable bonds is 73. The van der Waals surface area contributed by atoms with Crippen molar-refractivity contribution in [2.24, 2.45) is 0 Å². The van der Waals surface area contributed by atoms with Crippen molar-refractivity contribution in [2.75, 3.05) is 13.2 Å². The third-order valence-corrected chi connectivity index (χ3v) is 18.3. The van der Waals surface area contributed by atoms with Gasteiger partial charge in [-0.3, -0.25) is 9.59 Å². The number of esters is 1. The second kappa shape index (κ2) is 73.1. The van der Waals surface area contributed by atoms with Crippen molar-refractivity contribution in [3.05, 3.63) is 12.2 Å². The zero-order chi connectivity index (χ0) is 59.9. The highest BCUT2D eigenvalue weighted by Crippen LogP contribution is 2.20.